The summed E-state index contributed by atoms with van der Waals surface area (Å²) in [6, 6.07) is 8.30. The number of carboxylic acid groups (broad SMARTS) is 1. The standard InChI is InChI=1S/C7H6O2.Ca.3H2O.2H/c8-7(9)6-4-2-1-3-5-6;;;;;;/h1-5H,(H,8,9);;3*1H2;;. The number of carbonyl (C=O) groups is 1. The predicted octanol–water partition coefficient (Wildman–Crippen LogP) is -2.01. The van der Waals surface area contributed by atoms with Crippen molar-refractivity contribution in [1.82, 2.24) is 0 Å². The molecular weight excluding hydrogens is 204 g/mol. The Morgan fingerprint density at radius 1 is 1.00 bits per heavy atom. The fourth-order valence-corrected chi connectivity index (χ4v) is 0.581. The van der Waals surface area contributed by atoms with E-state index in [1.807, 2.05) is 0 Å². The molecule has 0 saturated heterocycles. The molecule has 1 aromatic carbocycles. The molecule has 0 bridgehead atoms. The van der Waals surface area contributed by atoms with Gasteiger partial charge in [-0.1, -0.05) is 18.2 Å². The molecular formula is C7H14CaO5. The molecule has 0 aliphatic rings. The third-order valence-electron chi connectivity index (χ3n) is 1.02. The molecule has 0 aliphatic heterocycles. The number of aromatic carboxylic acids is 1. The van der Waals surface area contributed by atoms with E-state index in [0.29, 0.717) is 5.56 Å². The van der Waals surface area contributed by atoms with Crippen LogP contribution in [0.25, 0.3) is 0 Å². The first-order chi connectivity index (χ1) is 4.30. The van der Waals surface area contributed by atoms with Crippen molar-refractivity contribution in [3.05, 3.63) is 35.9 Å². The predicted molar refractivity (Wildman–Crippen MR) is 52.8 cm³/mol. The van der Waals surface area contributed by atoms with Crippen molar-refractivity contribution >= 4 is 43.7 Å². The fraction of sp³-hybridized carbons (Fsp3) is 0. The molecule has 0 heterocycles. The van der Waals surface area contributed by atoms with Gasteiger partial charge in [0, 0.05) is 0 Å². The van der Waals surface area contributed by atoms with E-state index in [0.717, 1.165) is 0 Å². The Kier molecular flexibility index (Phi) is 21.0. The number of carboxylic acids is 1. The summed E-state index contributed by atoms with van der Waals surface area (Å²) in [6.07, 6.45) is 0. The number of hydrogen-bond acceptors (Lipinski definition) is 1. The summed E-state index contributed by atoms with van der Waals surface area (Å²) in [6.45, 7) is 0. The second-order valence-corrected chi connectivity index (χ2v) is 1.67. The third kappa shape index (κ3) is 8.17. The van der Waals surface area contributed by atoms with Gasteiger partial charge in [-0.15, -0.1) is 0 Å². The van der Waals surface area contributed by atoms with E-state index in [4.69, 9.17) is 5.11 Å². The van der Waals surface area contributed by atoms with E-state index in [2.05, 4.69) is 0 Å². The van der Waals surface area contributed by atoms with Crippen molar-refractivity contribution in [3.8, 4) is 0 Å². The first-order valence-corrected chi connectivity index (χ1v) is 2.59. The SMILES string of the molecule is O.O.O.O=C(O)c1ccccc1.[CaH2]. The summed E-state index contributed by atoms with van der Waals surface area (Å²) in [7, 11) is 0. The summed E-state index contributed by atoms with van der Waals surface area (Å²) >= 11 is 0. The summed E-state index contributed by atoms with van der Waals surface area (Å²) in [4.78, 5) is 10.2. The Bertz CT molecular complexity index is 213. The molecule has 0 spiro atoms. The number of hydrogen-bond donors (Lipinski definition) is 1. The van der Waals surface area contributed by atoms with Crippen LogP contribution >= 0.6 is 0 Å². The van der Waals surface area contributed by atoms with Crippen molar-refractivity contribution in [1.29, 1.82) is 0 Å². The average molecular weight is 218 g/mol. The van der Waals surface area contributed by atoms with Crippen LogP contribution in [0.15, 0.2) is 30.3 Å². The van der Waals surface area contributed by atoms with Crippen molar-refractivity contribution in [2.75, 3.05) is 0 Å². The van der Waals surface area contributed by atoms with Gasteiger partial charge in [0.05, 0.1) is 5.56 Å². The molecule has 74 valence electrons. The third-order valence-corrected chi connectivity index (χ3v) is 1.02. The van der Waals surface area contributed by atoms with Gasteiger partial charge >= 0.3 is 43.7 Å². The maximum atomic E-state index is 10.2. The van der Waals surface area contributed by atoms with Crippen LogP contribution in [0, 0.1) is 0 Å². The zero-order valence-electron chi connectivity index (χ0n) is 6.24. The van der Waals surface area contributed by atoms with E-state index >= 15 is 0 Å². The second-order valence-electron chi connectivity index (χ2n) is 1.67. The first-order valence-electron chi connectivity index (χ1n) is 2.59. The molecule has 0 aromatic heterocycles. The second kappa shape index (κ2) is 11.8. The summed E-state index contributed by atoms with van der Waals surface area (Å²) < 4.78 is 0. The normalized spacial score (nSPS) is 6.15. The Hall–Kier alpha value is -0.170. The van der Waals surface area contributed by atoms with Gasteiger partial charge in [0.1, 0.15) is 0 Å². The van der Waals surface area contributed by atoms with Crippen molar-refractivity contribution in [3.63, 3.8) is 0 Å². The zero-order chi connectivity index (χ0) is 6.69. The van der Waals surface area contributed by atoms with Crippen LogP contribution in [0.5, 0.6) is 0 Å². The molecule has 0 radical (unpaired) electrons. The molecule has 0 aliphatic carbocycles. The molecule has 0 unspecified atom stereocenters. The minimum absolute atomic E-state index is 0. The van der Waals surface area contributed by atoms with Crippen LogP contribution in [0.3, 0.4) is 0 Å². The van der Waals surface area contributed by atoms with E-state index < -0.39 is 5.97 Å². The van der Waals surface area contributed by atoms with Gasteiger partial charge in [-0.2, -0.15) is 0 Å². The van der Waals surface area contributed by atoms with Crippen LogP contribution in [0.1, 0.15) is 10.4 Å². The summed E-state index contributed by atoms with van der Waals surface area (Å²) in [5.74, 6) is -0.879. The van der Waals surface area contributed by atoms with E-state index in [9.17, 15) is 4.79 Å². The molecule has 6 heteroatoms. The maximum absolute atomic E-state index is 10.2. The van der Waals surface area contributed by atoms with Crippen molar-refractivity contribution in [2.45, 2.75) is 0 Å². The van der Waals surface area contributed by atoms with Crippen LogP contribution < -0.4 is 0 Å². The van der Waals surface area contributed by atoms with Crippen LogP contribution in [0.4, 0.5) is 0 Å². The van der Waals surface area contributed by atoms with Crippen molar-refractivity contribution in [2.24, 2.45) is 0 Å². The van der Waals surface area contributed by atoms with Gasteiger partial charge in [0.25, 0.3) is 0 Å². The molecule has 0 amide bonds. The zero-order valence-corrected chi connectivity index (χ0v) is 6.24. The molecule has 0 fully saturated rings. The van der Waals surface area contributed by atoms with Crippen molar-refractivity contribution < 1.29 is 26.3 Å². The minimum atomic E-state index is -0.879. The first kappa shape index (κ1) is 23.0. The molecule has 13 heavy (non-hydrogen) atoms. The van der Waals surface area contributed by atoms with Gasteiger partial charge in [-0.3, -0.25) is 0 Å². The van der Waals surface area contributed by atoms with E-state index in [1.54, 1.807) is 30.3 Å². The molecule has 7 N–H and O–H groups in total. The molecule has 5 nitrogen and oxygen atoms in total. The number of benzene rings is 1. The van der Waals surface area contributed by atoms with Gasteiger partial charge in [0.15, 0.2) is 0 Å². The quantitative estimate of drug-likeness (QED) is 0.546. The van der Waals surface area contributed by atoms with Crippen LogP contribution in [-0.2, 0) is 0 Å². The molecule has 0 atom stereocenters. The van der Waals surface area contributed by atoms with Gasteiger partial charge < -0.3 is 21.5 Å². The Morgan fingerprint density at radius 2 is 1.38 bits per heavy atom. The van der Waals surface area contributed by atoms with Crippen LogP contribution in [0.2, 0.25) is 0 Å². The average Bonchev–Trinajstić information content (AvgIpc) is 1.90. The fourth-order valence-electron chi connectivity index (χ4n) is 0.581. The Labute approximate surface area is 105 Å². The summed E-state index contributed by atoms with van der Waals surface area (Å²) in [5, 5.41) is 8.38. The molecule has 1 rings (SSSR count). The van der Waals surface area contributed by atoms with Gasteiger partial charge in [0.2, 0.25) is 0 Å². The number of rotatable bonds is 1. The van der Waals surface area contributed by atoms with Crippen LogP contribution in [-0.4, -0.2) is 65.2 Å². The van der Waals surface area contributed by atoms with Gasteiger partial charge in [-0.05, 0) is 12.1 Å². The Morgan fingerprint density at radius 3 is 1.62 bits per heavy atom. The van der Waals surface area contributed by atoms with E-state index in [-0.39, 0.29) is 54.2 Å². The monoisotopic (exact) mass is 218 g/mol. The molecule has 0 saturated carbocycles. The van der Waals surface area contributed by atoms with Gasteiger partial charge in [-0.25, -0.2) is 4.79 Å². The Balaban J connectivity index is -0.000000101. The summed E-state index contributed by atoms with van der Waals surface area (Å²) in [5.41, 5.74) is 0.331. The molecule has 1 aromatic rings. The van der Waals surface area contributed by atoms with E-state index in [1.165, 1.54) is 0 Å². The topological polar surface area (TPSA) is 132 Å².